The zero-order valence-corrected chi connectivity index (χ0v) is 19.1. The Morgan fingerprint density at radius 2 is 1.77 bits per heavy atom. The van der Waals surface area contributed by atoms with Crippen molar-refractivity contribution in [3.8, 4) is 0 Å². The molecule has 170 valence electrons. The number of aryl methyl sites for hydroxylation is 1. The minimum atomic E-state index is -2.03. The number of anilines is 1. The average molecular weight is 434 g/mol. The number of benzene rings is 1. The minimum Gasteiger partial charge on any atom is -0.443 e. The number of hydrogen-bond donors (Lipinski definition) is 2. The van der Waals surface area contributed by atoms with Gasteiger partial charge in [0.1, 0.15) is 11.2 Å². The van der Waals surface area contributed by atoms with Gasteiger partial charge in [-0.1, -0.05) is 24.3 Å². The summed E-state index contributed by atoms with van der Waals surface area (Å²) in [6, 6.07) is 5.17. The quantitative estimate of drug-likeness (QED) is 0.423. The number of para-hydroxylation sites is 1. The van der Waals surface area contributed by atoms with Crippen LogP contribution in [0.3, 0.4) is 0 Å². The largest absolute Gasteiger partial charge is 0.443 e. The monoisotopic (exact) mass is 433 g/mol. The van der Waals surface area contributed by atoms with E-state index in [-0.39, 0.29) is 6.61 Å². The van der Waals surface area contributed by atoms with Gasteiger partial charge in [0.25, 0.3) is 11.6 Å². The van der Waals surface area contributed by atoms with Gasteiger partial charge in [-0.15, -0.1) is 6.58 Å². The highest BCUT2D eigenvalue weighted by Crippen LogP contribution is 2.43. The number of carbonyl (C=O) groups excluding carboxylic acids is 3. The summed E-state index contributed by atoms with van der Waals surface area (Å²) in [5, 5.41) is 3.48. The number of fused-ring (bicyclic) bond motifs is 1. The fourth-order valence-corrected chi connectivity index (χ4v) is 3.00. The summed E-state index contributed by atoms with van der Waals surface area (Å²) in [5.41, 5.74) is 0.165. The van der Waals surface area contributed by atoms with Crippen molar-refractivity contribution in [3.05, 3.63) is 42.0 Å². The smallest absolute Gasteiger partial charge is 0.432 e. The van der Waals surface area contributed by atoms with E-state index in [1.165, 1.54) is 6.08 Å². The third-order valence-electron chi connectivity index (χ3n) is 4.09. The molecule has 2 rings (SSSR count). The number of nitrogens with zero attached hydrogens (tertiary/aromatic N) is 1. The predicted molar refractivity (Wildman–Crippen MR) is 115 cm³/mol. The van der Waals surface area contributed by atoms with Gasteiger partial charge >= 0.3 is 12.2 Å². The molecular weight excluding hydrogens is 402 g/mol. The molecule has 0 radical (unpaired) electrons. The first-order chi connectivity index (χ1) is 14.2. The standard InChI is InChI=1S/C22H31N3O6/c1-9-13-29-22(15-12-10-11-14(2)16(15)23-17(22)26)25(19(28)31-21(6,7)8)24-18(27)30-20(3,4)5/h9-12H,1,13H2,2-8H3,(H,23,26)(H,24,27). The van der Waals surface area contributed by atoms with Gasteiger partial charge in [0.15, 0.2) is 0 Å². The first-order valence-corrected chi connectivity index (χ1v) is 9.90. The van der Waals surface area contributed by atoms with Crippen LogP contribution in [0.2, 0.25) is 0 Å². The molecule has 0 fully saturated rings. The van der Waals surface area contributed by atoms with Crippen LogP contribution in [0.1, 0.15) is 52.7 Å². The molecule has 9 heteroatoms. The Hall–Kier alpha value is -3.07. The van der Waals surface area contributed by atoms with E-state index >= 15 is 0 Å². The fourth-order valence-electron chi connectivity index (χ4n) is 3.00. The zero-order chi connectivity index (χ0) is 23.6. The van der Waals surface area contributed by atoms with Crippen LogP contribution in [0, 0.1) is 6.92 Å². The Labute approximate surface area is 182 Å². The number of hydrogen-bond acceptors (Lipinski definition) is 6. The lowest BCUT2D eigenvalue weighted by molar-refractivity contribution is -0.178. The number of hydrazine groups is 1. The van der Waals surface area contributed by atoms with Crippen LogP contribution in [0.5, 0.6) is 0 Å². The van der Waals surface area contributed by atoms with Gasteiger partial charge in [-0.2, -0.15) is 5.01 Å². The molecule has 0 spiro atoms. The van der Waals surface area contributed by atoms with Gasteiger partial charge in [0.2, 0.25) is 0 Å². The van der Waals surface area contributed by atoms with Crippen molar-refractivity contribution in [2.24, 2.45) is 0 Å². The second-order valence-corrected chi connectivity index (χ2v) is 9.12. The molecular formula is C22H31N3O6. The lowest BCUT2D eigenvalue weighted by Crippen LogP contribution is -2.63. The van der Waals surface area contributed by atoms with E-state index in [0.29, 0.717) is 11.3 Å². The maximum Gasteiger partial charge on any atom is 0.432 e. The summed E-state index contributed by atoms with van der Waals surface area (Å²) in [6.07, 6.45) is -0.510. The van der Waals surface area contributed by atoms with Crippen molar-refractivity contribution in [1.82, 2.24) is 10.4 Å². The van der Waals surface area contributed by atoms with Gasteiger partial charge in [0.05, 0.1) is 12.3 Å². The third-order valence-corrected chi connectivity index (χ3v) is 4.09. The highest BCUT2D eigenvalue weighted by Gasteiger charge is 2.57. The number of ether oxygens (including phenoxy) is 3. The normalized spacial score (nSPS) is 18.0. The predicted octanol–water partition coefficient (Wildman–Crippen LogP) is 3.98. The fraction of sp³-hybridized carbons (Fsp3) is 0.500. The number of amides is 3. The van der Waals surface area contributed by atoms with Crippen LogP contribution >= 0.6 is 0 Å². The van der Waals surface area contributed by atoms with Crippen molar-refractivity contribution < 1.29 is 28.6 Å². The molecule has 0 aromatic heterocycles. The Balaban J connectivity index is 2.64. The highest BCUT2D eigenvalue weighted by molar-refractivity contribution is 6.07. The molecule has 1 unspecified atom stereocenters. The van der Waals surface area contributed by atoms with E-state index < -0.39 is 35.0 Å². The second-order valence-electron chi connectivity index (χ2n) is 9.12. The molecule has 1 aromatic carbocycles. The maximum atomic E-state index is 13.3. The van der Waals surface area contributed by atoms with Crippen molar-refractivity contribution >= 4 is 23.8 Å². The highest BCUT2D eigenvalue weighted by atomic mass is 16.6. The van der Waals surface area contributed by atoms with Crippen LogP contribution in [0.25, 0.3) is 0 Å². The minimum absolute atomic E-state index is 0.0872. The first kappa shape index (κ1) is 24.2. The SMILES string of the molecule is C=CCOC1(N(NC(=O)OC(C)(C)C)C(=O)OC(C)(C)C)C(=O)Nc2c(C)cccc21. The van der Waals surface area contributed by atoms with E-state index in [0.717, 1.165) is 10.6 Å². The number of rotatable bonds is 4. The maximum absolute atomic E-state index is 13.3. The summed E-state index contributed by atoms with van der Waals surface area (Å²) in [6.45, 7) is 15.4. The molecule has 1 atom stereocenters. The third kappa shape index (κ3) is 5.35. The van der Waals surface area contributed by atoms with Crippen LogP contribution in [0.15, 0.2) is 30.9 Å². The Kier molecular flexibility index (Phi) is 6.70. The zero-order valence-electron chi connectivity index (χ0n) is 19.1. The van der Waals surface area contributed by atoms with Crippen LogP contribution in [-0.2, 0) is 24.7 Å². The molecule has 0 bridgehead atoms. The Morgan fingerprint density at radius 1 is 1.16 bits per heavy atom. The van der Waals surface area contributed by atoms with E-state index in [1.807, 2.05) is 13.0 Å². The van der Waals surface area contributed by atoms with Gasteiger partial charge in [-0.3, -0.25) is 4.79 Å². The molecule has 1 aliphatic rings. The molecule has 1 aromatic rings. The topological polar surface area (TPSA) is 106 Å². The Morgan fingerprint density at radius 3 is 2.32 bits per heavy atom. The molecule has 3 amide bonds. The molecule has 0 saturated carbocycles. The summed E-state index contributed by atoms with van der Waals surface area (Å²) >= 11 is 0. The van der Waals surface area contributed by atoms with Crippen molar-refractivity contribution in [2.75, 3.05) is 11.9 Å². The molecule has 31 heavy (non-hydrogen) atoms. The summed E-state index contributed by atoms with van der Waals surface area (Å²) in [5.74, 6) is -0.666. The molecule has 0 saturated heterocycles. The van der Waals surface area contributed by atoms with E-state index in [2.05, 4.69) is 17.3 Å². The molecule has 2 N–H and O–H groups in total. The number of carbonyl (C=O) groups is 3. The van der Waals surface area contributed by atoms with E-state index in [9.17, 15) is 14.4 Å². The van der Waals surface area contributed by atoms with Gasteiger partial charge in [-0.05, 0) is 54.0 Å². The van der Waals surface area contributed by atoms with Gasteiger partial charge in [0, 0.05) is 5.56 Å². The molecule has 0 aliphatic carbocycles. The van der Waals surface area contributed by atoms with Crippen molar-refractivity contribution in [2.45, 2.75) is 65.4 Å². The van der Waals surface area contributed by atoms with Crippen molar-refractivity contribution in [1.29, 1.82) is 0 Å². The van der Waals surface area contributed by atoms with Gasteiger partial charge < -0.3 is 19.5 Å². The van der Waals surface area contributed by atoms with E-state index in [4.69, 9.17) is 14.2 Å². The summed E-state index contributed by atoms with van der Waals surface area (Å²) in [7, 11) is 0. The molecule has 1 aliphatic heterocycles. The lowest BCUT2D eigenvalue weighted by Gasteiger charge is -2.39. The van der Waals surface area contributed by atoms with Crippen molar-refractivity contribution in [3.63, 3.8) is 0 Å². The Bertz CT molecular complexity index is 884. The van der Waals surface area contributed by atoms with E-state index in [1.54, 1.807) is 53.7 Å². The average Bonchev–Trinajstić information content (AvgIpc) is 2.89. The van der Waals surface area contributed by atoms with Gasteiger partial charge in [-0.25, -0.2) is 15.0 Å². The molecule has 9 nitrogen and oxygen atoms in total. The van der Waals surface area contributed by atoms with Crippen LogP contribution < -0.4 is 10.7 Å². The summed E-state index contributed by atoms with van der Waals surface area (Å²) in [4.78, 5) is 39.1. The lowest BCUT2D eigenvalue weighted by atomic mass is 10.0. The second kappa shape index (κ2) is 8.58. The summed E-state index contributed by atoms with van der Waals surface area (Å²) < 4.78 is 16.7. The molecule has 1 heterocycles. The first-order valence-electron chi connectivity index (χ1n) is 9.90. The van der Waals surface area contributed by atoms with Crippen LogP contribution in [0.4, 0.5) is 15.3 Å². The number of nitrogens with one attached hydrogen (secondary N) is 2. The van der Waals surface area contributed by atoms with Crippen LogP contribution in [-0.4, -0.2) is 40.9 Å².